The molecule has 3 heterocycles. The minimum Gasteiger partial charge on any atom is -0.458 e. The number of nitrogens with one attached hydrogen (secondary N) is 1. The van der Waals surface area contributed by atoms with Gasteiger partial charge in [0.2, 0.25) is 5.82 Å². The third-order valence-corrected chi connectivity index (χ3v) is 4.28. The standard InChI is InChI=1S/C18H18N4O2/c1-3-22-16(20-17(21-22)15-9-8-11(2)24-15)10-14-12-6-4-5-7-13(12)18(23)19-14/h4-9,14H,3,10H2,1-2H3,(H,19,23). The highest BCUT2D eigenvalue weighted by Crippen LogP contribution is 2.28. The summed E-state index contributed by atoms with van der Waals surface area (Å²) < 4.78 is 7.48. The molecule has 0 saturated heterocycles. The van der Waals surface area contributed by atoms with E-state index in [-0.39, 0.29) is 11.9 Å². The molecule has 6 nitrogen and oxygen atoms in total. The van der Waals surface area contributed by atoms with E-state index in [2.05, 4.69) is 15.4 Å². The highest BCUT2D eigenvalue weighted by Gasteiger charge is 2.29. The summed E-state index contributed by atoms with van der Waals surface area (Å²) in [6.45, 7) is 4.63. The van der Waals surface area contributed by atoms with Crippen LogP contribution >= 0.6 is 0 Å². The molecule has 0 radical (unpaired) electrons. The minimum absolute atomic E-state index is 0.0277. The fraction of sp³-hybridized carbons (Fsp3) is 0.278. The maximum atomic E-state index is 12.1. The van der Waals surface area contributed by atoms with Gasteiger partial charge in [-0.25, -0.2) is 9.67 Å². The predicted molar refractivity (Wildman–Crippen MR) is 88.5 cm³/mol. The lowest BCUT2D eigenvalue weighted by molar-refractivity contribution is 0.0956. The lowest BCUT2D eigenvalue weighted by atomic mass is 10.0. The van der Waals surface area contributed by atoms with Crippen molar-refractivity contribution >= 4 is 5.91 Å². The minimum atomic E-state index is -0.0746. The molecule has 0 saturated carbocycles. The fourth-order valence-electron chi connectivity index (χ4n) is 3.10. The predicted octanol–water partition coefficient (Wildman–Crippen LogP) is 2.89. The molecule has 0 aliphatic carbocycles. The summed E-state index contributed by atoms with van der Waals surface area (Å²) in [6.07, 6.45) is 0.600. The Balaban J connectivity index is 1.66. The second kappa shape index (κ2) is 5.63. The van der Waals surface area contributed by atoms with Crippen LogP contribution in [-0.2, 0) is 13.0 Å². The van der Waals surface area contributed by atoms with Crippen LogP contribution in [0.4, 0.5) is 0 Å². The van der Waals surface area contributed by atoms with E-state index in [1.54, 1.807) is 0 Å². The summed E-state index contributed by atoms with van der Waals surface area (Å²) in [5.74, 6) is 2.88. The summed E-state index contributed by atoms with van der Waals surface area (Å²) in [4.78, 5) is 16.7. The highest BCUT2D eigenvalue weighted by molar-refractivity contribution is 5.99. The lowest BCUT2D eigenvalue weighted by Gasteiger charge is -2.11. The van der Waals surface area contributed by atoms with Gasteiger partial charge in [0.25, 0.3) is 5.91 Å². The summed E-state index contributed by atoms with van der Waals surface area (Å²) in [5, 5.41) is 7.56. The van der Waals surface area contributed by atoms with E-state index in [0.717, 1.165) is 22.7 Å². The van der Waals surface area contributed by atoms with Gasteiger partial charge in [-0.1, -0.05) is 18.2 Å². The number of rotatable bonds is 4. The van der Waals surface area contributed by atoms with Gasteiger partial charge in [-0.2, -0.15) is 0 Å². The molecule has 1 unspecified atom stereocenters. The van der Waals surface area contributed by atoms with Crippen molar-refractivity contribution in [1.29, 1.82) is 0 Å². The van der Waals surface area contributed by atoms with Crippen molar-refractivity contribution in [3.05, 3.63) is 59.1 Å². The van der Waals surface area contributed by atoms with Crippen LogP contribution in [0.3, 0.4) is 0 Å². The Hall–Kier alpha value is -2.89. The van der Waals surface area contributed by atoms with Crippen LogP contribution in [0, 0.1) is 6.92 Å². The maximum Gasteiger partial charge on any atom is 0.252 e. The smallest absolute Gasteiger partial charge is 0.252 e. The molecule has 1 aromatic carbocycles. The first kappa shape index (κ1) is 14.7. The van der Waals surface area contributed by atoms with Gasteiger partial charge < -0.3 is 9.73 Å². The van der Waals surface area contributed by atoms with Crippen molar-refractivity contribution in [2.75, 3.05) is 0 Å². The monoisotopic (exact) mass is 322 g/mol. The number of benzene rings is 1. The van der Waals surface area contributed by atoms with E-state index in [0.29, 0.717) is 24.6 Å². The SMILES string of the molecule is CCn1nc(-c2ccc(C)o2)nc1CC1NC(=O)c2ccccc21. The Morgan fingerprint density at radius 2 is 2.08 bits per heavy atom. The molecule has 3 aromatic rings. The zero-order chi connectivity index (χ0) is 16.7. The Bertz CT molecular complexity index is 909. The molecular weight excluding hydrogens is 304 g/mol. The van der Waals surface area contributed by atoms with E-state index in [9.17, 15) is 4.79 Å². The van der Waals surface area contributed by atoms with Gasteiger partial charge in [0.1, 0.15) is 11.6 Å². The number of aryl methyl sites for hydroxylation is 2. The second-order valence-electron chi connectivity index (χ2n) is 5.90. The average Bonchev–Trinajstić information content (AvgIpc) is 3.27. The van der Waals surface area contributed by atoms with Crippen LogP contribution < -0.4 is 5.32 Å². The van der Waals surface area contributed by atoms with Gasteiger partial charge in [-0.15, -0.1) is 5.10 Å². The van der Waals surface area contributed by atoms with Crippen LogP contribution in [0.15, 0.2) is 40.8 Å². The number of nitrogens with zero attached hydrogens (tertiary/aromatic N) is 3. The zero-order valence-corrected chi connectivity index (χ0v) is 13.6. The topological polar surface area (TPSA) is 73.0 Å². The number of carbonyl (C=O) groups is 1. The second-order valence-corrected chi connectivity index (χ2v) is 5.90. The molecule has 1 N–H and O–H groups in total. The summed E-state index contributed by atoms with van der Waals surface area (Å²) in [7, 11) is 0. The van der Waals surface area contributed by atoms with Crippen molar-refractivity contribution in [1.82, 2.24) is 20.1 Å². The number of aromatic nitrogens is 3. The molecule has 0 spiro atoms. The molecule has 1 atom stereocenters. The van der Waals surface area contributed by atoms with Crippen LogP contribution in [-0.4, -0.2) is 20.7 Å². The van der Waals surface area contributed by atoms with E-state index in [1.165, 1.54) is 0 Å². The molecule has 24 heavy (non-hydrogen) atoms. The Kier molecular flexibility index (Phi) is 3.45. The van der Waals surface area contributed by atoms with Gasteiger partial charge in [0.15, 0.2) is 5.76 Å². The molecule has 122 valence electrons. The Labute approximate surface area is 139 Å². The number of amides is 1. The maximum absolute atomic E-state index is 12.1. The molecule has 1 aliphatic heterocycles. The quantitative estimate of drug-likeness (QED) is 0.801. The van der Waals surface area contributed by atoms with Gasteiger partial charge in [0.05, 0.1) is 6.04 Å². The van der Waals surface area contributed by atoms with Gasteiger partial charge in [0, 0.05) is 18.5 Å². The fourth-order valence-corrected chi connectivity index (χ4v) is 3.10. The van der Waals surface area contributed by atoms with E-state index in [4.69, 9.17) is 4.42 Å². The lowest BCUT2D eigenvalue weighted by Crippen LogP contribution is -2.22. The van der Waals surface area contributed by atoms with Gasteiger partial charge in [-0.3, -0.25) is 4.79 Å². The first-order valence-electron chi connectivity index (χ1n) is 8.06. The van der Waals surface area contributed by atoms with Crippen LogP contribution in [0.5, 0.6) is 0 Å². The molecule has 0 bridgehead atoms. The Morgan fingerprint density at radius 1 is 1.25 bits per heavy atom. The summed E-state index contributed by atoms with van der Waals surface area (Å²) >= 11 is 0. The number of hydrogen-bond donors (Lipinski definition) is 1. The van der Waals surface area contributed by atoms with Crippen molar-refractivity contribution in [2.45, 2.75) is 32.9 Å². The summed E-state index contributed by atoms with van der Waals surface area (Å²) in [6, 6.07) is 11.4. The summed E-state index contributed by atoms with van der Waals surface area (Å²) in [5.41, 5.74) is 1.76. The van der Waals surface area contributed by atoms with Crippen LogP contribution in [0.1, 0.15) is 40.5 Å². The highest BCUT2D eigenvalue weighted by atomic mass is 16.3. The number of furan rings is 1. The van der Waals surface area contributed by atoms with Gasteiger partial charge >= 0.3 is 0 Å². The van der Waals surface area contributed by atoms with E-state index in [1.807, 2.05) is 54.9 Å². The third-order valence-electron chi connectivity index (χ3n) is 4.28. The van der Waals surface area contributed by atoms with Crippen molar-refractivity contribution < 1.29 is 9.21 Å². The van der Waals surface area contributed by atoms with Gasteiger partial charge in [-0.05, 0) is 37.6 Å². The van der Waals surface area contributed by atoms with E-state index >= 15 is 0 Å². The van der Waals surface area contributed by atoms with Crippen molar-refractivity contribution in [3.63, 3.8) is 0 Å². The molecule has 2 aromatic heterocycles. The Morgan fingerprint density at radius 3 is 2.83 bits per heavy atom. The molecule has 1 aliphatic rings. The van der Waals surface area contributed by atoms with Crippen molar-refractivity contribution in [3.8, 4) is 11.6 Å². The largest absolute Gasteiger partial charge is 0.458 e. The normalized spacial score (nSPS) is 16.2. The molecular formula is C18H18N4O2. The van der Waals surface area contributed by atoms with Crippen molar-refractivity contribution in [2.24, 2.45) is 0 Å². The van der Waals surface area contributed by atoms with Crippen LogP contribution in [0.2, 0.25) is 0 Å². The zero-order valence-electron chi connectivity index (χ0n) is 13.6. The molecule has 0 fully saturated rings. The average molecular weight is 322 g/mol. The number of fused-ring (bicyclic) bond motifs is 1. The molecule has 1 amide bonds. The first-order chi connectivity index (χ1) is 11.7. The third kappa shape index (κ3) is 2.40. The number of carbonyl (C=O) groups excluding carboxylic acids is 1. The molecule has 6 heteroatoms. The van der Waals surface area contributed by atoms with Crippen LogP contribution in [0.25, 0.3) is 11.6 Å². The van der Waals surface area contributed by atoms with E-state index < -0.39 is 0 Å². The first-order valence-corrected chi connectivity index (χ1v) is 8.06. The number of hydrogen-bond acceptors (Lipinski definition) is 4. The molecule has 4 rings (SSSR count).